The van der Waals surface area contributed by atoms with Crippen LogP contribution in [0.15, 0.2) is 23.3 Å². The van der Waals surface area contributed by atoms with Crippen molar-refractivity contribution in [2.45, 2.75) is 6.42 Å². The van der Waals surface area contributed by atoms with Crippen molar-refractivity contribution in [2.75, 3.05) is 0 Å². The summed E-state index contributed by atoms with van der Waals surface area (Å²) in [4.78, 5) is 8.25. The Labute approximate surface area is 53.3 Å². The summed E-state index contributed by atoms with van der Waals surface area (Å²) in [5, 5.41) is 0. The Morgan fingerprint density at radius 3 is 3.33 bits per heavy atom. The van der Waals surface area contributed by atoms with Crippen LogP contribution in [0.4, 0.5) is 5.69 Å². The van der Waals surface area contributed by atoms with Crippen molar-refractivity contribution in [2.24, 2.45) is 4.99 Å². The third kappa shape index (κ3) is 0.633. The summed E-state index contributed by atoms with van der Waals surface area (Å²) in [7, 11) is 0. The van der Waals surface area contributed by atoms with Crippen molar-refractivity contribution in [3.63, 3.8) is 0 Å². The first kappa shape index (κ1) is 4.68. The molecule has 0 unspecified atom stereocenters. The van der Waals surface area contributed by atoms with Gasteiger partial charge in [0, 0.05) is 18.8 Å². The number of aromatic nitrogens is 1. The van der Waals surface area contributed by atoms with Gasteiger partial charge in [0.2, 0.25) is 0 Å². The second-order valence-electron chi connectivity index (χ2n) is 1.99. The van der Waals surface area contributed by atoms with E-state index in [9.17, 15) is 0 Å². The number of fused-ring (bicyclic) bond motifs is 1. The van der Waals surface area contributed by atoms with Gasteiger partial charge in [-0.05, 0) is 12.1 Å². The van der Waals surface area contributed by atoms with E-state index < -0.39 is 0 Å². The predicted molar refractivity (Wildman–Crippen MR) is 36.1 cm³/mol. The monoisotopic (exact) mass is 118 g/mol. The van der Waals surface area contributed by atoms with E-state index in [2.05, 4.69) is 9.98 Å². The molecule has 0 atom stereocenters. The molecule has 44 valence electrons. The molecule has 2 nitrogen and oxygen atoms in total. The van der Waals surface area contributed by atoms with E-state index in [4.69, 9.17) is 0 Å². The fourth-order valence-electron chi connectivity index (χ4n) is 0.935. The first-order valence-corrected chi connectivity index (χ1v) is 2.93. The molecule has 0 aromatic carbocycles. The third-order valence-corrected chi connectivity index (χ3v) is 1.38. The Hall–Kier alpha value is -1.18. The van der Waals surface area contributed by atoms with Crippen LogP contribution in [0.5, 0.6) is 0 Å². The van der Waals surface area contributed by atoms with Crippen LogP contribution in [-0.2, 0) is 6.42 Å². The average Bonchev–Trinajstić information content (AvgIpc) is 2.33. The standard InChI is InChI=1S/C7H6N2/c1-2-6-7(8-4-1)3-5-9-6/h1-2,4-5H,3H2. The molecule has 9 heavy (non-hydrogen) atoms. The molecular formula is C7H6N2. The summed E-state index contributed by atoms with van der Waals surface area (Å²) in [6, 6.07) is 3.88. The highest BCUT2D eigenvalue weighted by atomic mass is 14.8. The maximum Gasteiger partial charge on any atom is 0.0844 e. The average molecular weight is 118 g/mol. The quantitative estimate of drug-likeness (QED) is 0.504. The summed E-state index contributed by atoms with van der Waals surface area (Å²) in [6.45, 7) is 0. The van der Waals surface area contributed by atoms with Crippen LogP contribution >= 0.6 is 0 Å². The highest BCUT2D eigenvalue weighted by molar-refractivity contribution is 5.73. The molecule has 0 saturated heterocycles. The molecule has 1 aliphatic rings. The van der Waals surface area contributed by atoms with E-state index in [1.54, 1.807) is 6.20 Å². The first-order chi connectivity index (χ1) is 4.47. The zero-order valence-electron chi connectivity index (χ0n) is 4.91. The lowest BCUT2D eigenvalue weighted by atomic mass is 10.3. The maximum absolute atomic E-state index is 4.13. The van der Waals surface area contributed by atoms with E-state index >= 15 is 0 Å². The summed E-state index contributed by atoms with van der Waals surface area (Å²) >= 11 is 0. The lowest BCUT2D eigenvalue weighted by molar-refractivity contribution is 1.18. The minimum Gasteiger partial charge on any atom is -0.259 e. The lowest BCUT2D eigenvalue weighted by Crippen LogP contribution is -1.81. The number of rotatable bonds is 0. The van der Waals surface area contributed by atoms with Gasteiger partial charge in [-0.1, -0.05) is 0 Å². The van der Waals surface area contributed by atoms with Gasteiger partial charge in [0.05, 0.1) is 11.4 Å². The second kappa shape index (κ2) is 1.65. The van der Waals surface area contributed by atoms with E-state index in [1.165, 1.54) is 0 Å². The van der Waals surface area contributed by atoms with Crippen LogP contribution in [0, 0.1) is 0 Å². The lowest BCUT2D eigenvalue weighted by Gasteiger charge is -1.90. The Balaban J connectivity index is 2.63. The molecule has 2 heteroatoms. The fourth-order valence-corrected chi connectivity index (χ4v) is 0.935. The molecule has 1 aliphatic heterocycles. The molecule has 1 aromatic rings. The minimum atomic E-state index is 0.899. The molecule has 0 aliphatic carbocycles. The van der Waals surface area contributed by atoms with Crippen LogP contribution < -0.4 is 0 Å². The van der Waals surface area contributed by atoms with Gasteiger partial charge in [-0.25, -0.2) is 0 Å². The maximum atomic E-state index is 4.13. The summed E-state index contributed by atoms with van der Waals surface area (Å²) in [5.74, 6) is 0. The number of hydrogen-bond acceptors (Lipinski definition) is 2. The topological polar surface area (TPSA) is 25.2 Å². The largest absolute Gasteiger partial charge is 0.259 e. The van der Waals surface area contributed by atoms with Crippen molar-refractivity contribution in [1.82, 2.24) is 4.98 Å². The molecule has 1 aromatic heterocycles. The molecule has 0 spiro atoms. The molecule has 0 N–H and O–H groups in total. The normalized spacial score (nSPS) is 13.8. The van der Waals surface area contributed by atoms with Gasteiger partial charge in [-0.2, -0.15) is 0 Å². The molecule has 2 heterocycles. The summed E-state index contributed by atoms with van der Waals surface area (Å²) in [5.41, 5.74) is 2.12. The van der Waals surface area contributed by atoms with E-state index in [0.717, 1.165) is 17.8 Å². The van der Waals surface area contributed by atoms with Crippen molar-refractivity contribution >= 4 is 11.9 Å². The van der Waals surface area contributed by atoms with Crippen molar-refractivity contribution in [3.8, 4) is 0 Å². The highest BCUT2D eigenvalue weighted by Gasteiger charge is 2.03. The number of hydrogen-bond donors (Lipinski definition) is 0. The second-order valence-corrected chi connectivity index (χ2v) is 1.99. The summed E-state index contributed by atoms with van der Waals surface area (Å²) in [6.07, 6.45) is 4.58. The van der Waals surface area contributed by atoms with Gasteiger partial charge >= 0.3 is 0 Å². The van der Waals surface area contributed by atoms with Gasteiger partial charge in [-0.3, -0.25) is 9.98 Å². The SMILES string of the molecule is C1=Nc2cccnc2C1. The fraction of sp³-hybridized carbons (Fsp3) is 0.143. The Morgan fingerprint density at radius 2 is 2.44 bits per heavy atom. The Bertz CT molecular complexity index is 253. The Kier molecular flexibility index (Phi) is 0.859. The number of aliphatic imine (C=N–C) groups is 1. The predicted octanol–water partition coefficient (Wildman–Crippen LogP) is 1.34. The van der Waals surface area contributed by atoms with Gasteiger partial charge in [-0.15, -0.1) is 0 Å². The van der Waals surface area contributed by atoms with E-state index in [0.29, 0.717) is 0 Å². The van der Waals surface area contributed by atoms with Crippen LogP contribution in [0.3, 0.4) is 0 Å². The van der Waals surface area contributed by atoms with Crippen LogP contribution in [0.1, 0.15) is 5.69 Å². The smallest absolute Gasteiger partial charge is 0.0844 e. The zero-order chi connectivity index (χ0) is 6.10. The van der Waals surface area contributed by atoms with E-state index in [-0.39, 0.29) is 0 Å². The molecule has 0 fully saturated rings. The first-order valence-electron chi connectivity index (χ1n) is 2.93. The zero-order valence-corrected chi connectivity index (χ0v) is 4.91. The number of nitrogens with zero attached hydrogens (tertiary/aromatic N) is 2. The van der Waals surface area contributed by atoms with Crippen LogP contribution in [0.25, 0.3) is 0 Å². The van der Waals surface area contributed by atoms with E-state index in [1.807, 2.05) is 18.3 Å². The van der Waals surface area contributed by atoms with Crippen molar-refractivity contribution < 1.29 is 0 Å². The third-order valence-electron chi connectivity index (χ3n) is 1.38. The van der Waals surface area contributed by atoms with Crippen molar-refractivity contribution in [3.05, 3.63) is 24.0 Å². The highest BCUT2D eigenvalue weighted by Crippen LogP contribution is 2.19. The molecule has 2 rings (SSSR count). The van der Waals surface area contributed by atoms with Crippen molar-refractivity contribution in [1.29, 1.82) is 0 Å². The van der Waals surface area contributed by atoms with Gasteiger partial charge < -0.3 is 0 Å². The van der Waals surface area contributed by atoms with Gasteiger partial charge in [0.1, 0.15) is 0 Å². The van der Waals surface area contributed by atoms with Crippen LogP contribution in [0.2, 0.25) is 0 Å². The molecule has 0 radical (unpaired) electrons. The molecule has 0 bridgehead atoms. The number of pyridine rings is 1. The van der Waals surface area contributed by atoms with Gasteiger partial charge in [0.25, 0.3) is 0 Å². The van der Waals surface area contributed by atoms with Crippen LogP contribution in [-0.4, -0.2) is 11.2 Å². The van der Waals surface area contributed by atoms with Gasteiger partial charge in [0.15, 0.2) is 0 Å². The Morgan fingerprint density at radius 1 is 1.44 bits per heavy atom. The molecule has 0 saturated carbocycles. The minimum absolute atomic E-state index is 0.899. The molecular weight excluding hydrogens is 112 g/mol. The molecule has 0 amide bonds. The summed E-state index contributed by atoms with van der Waals surface area (Å²) < 4.78 is 0.